The van der Waals surface area contributed by atoms with E-state index in [9.17, 15) is 19.2 Å². The molecule has 4 N–H and O–H groups in total. The van der Waals surface area contributed by atoms with Crippen LogP contribution in [0.15, 0.2) is 0 Å². The monoisotopic (exact) mass is 487 g/mol. The lowest BCUT2D eigenvalue weighted by molar-refractivity contribution is -0.154. The summed E-state index contributed by atoms with van der Waals surface area (Å²) in [5.74, 6) is -1.16. The van der Waals surface area contributed by atoms with E-state index in [1.54, 1.807) is 4.90 Å². The average molecular weight is 488 g/mol. The number of hydrazine groups is 1. The summed E-state index contributed by atoms with van der Waals surface area (Å²) in [7, 11) is 3.75. The highest BCUT2D eigenvalue weighted by molar-refractivity contribution is 6.28. The molecule has 0 bridgehead atoms. The number of hydrogen-bond acceptors (Lipinski definition) is 8. The number of halogens is 2. The number of anilines is 2. The molecule has 1 unspecified atom stereocenters. The molecule has 1 aliphatic heterocycles. The van der Waals surface area contributed by atoms with Gasteiger partial charge in [0.2, 0.25) is 23.4 Å². The lowest BCUT2D eigenvalue weighted by atomic mass is 9.92. The van der Waals surface area contributed by atoms with Crippen molar-refractivity contribution in [2.45, 2.75) is 45.4 Å². The number of carbonyl (C=O) groups excluding carboxylic acids is 2. The van der Waals surface area contributed by atoms with Crippen LogP contribution in [0, 0.1) is 23.6 Å². The number of carbonyl (C=O) groups is 2. The molecule has 2 heterocycles. The lowest BCUT2D eigenvalue weighted by Gasteiger charge is -2.23. The van der Waals surface area contributed by atoms with Crippen LogP contribution in [0.1, 0.15) is 45.4 Å². The van der Waals surface area contributed by atoms with E-state index in [-0.39, 0.29) is 29.9 Å². The number of hydrogen-bond donors (Lipinski definition) is 4. The summed E-state index contributed by atoms with van der Waals surface area (Å²) in [6.45, 7) is 3.27. The van der Waals surface area contributed by atoms with Crippen molar-refractivity contribution in [2.75, 3.05) is 44.1 Å². The molecule has 2 aliphatic rings. The third-order valence-corrected chi connectivity index (χ3v) is 6.00. The van der Waals surface area contributed by atoms with E-state index in [4.69, 9.17) is 11.6 Å². The summed E-state index contributed by atoms with van der Waals surface area (Å²) in [6.07, 6.45) is 5.96. The Bertz CT molecular complexity index is 782. The molecule has 1 aromatic rings. The summed E-state index contributed by atoms with van der Waals surface area (Å²) in [6, 6.07) is 0. The van der Waals surface area contributed by atoms with Gasteiger partial charge in [0.1, 0.15) is 0 Å². The first-order valence-corrected chi connectivity index (χ1v) is 11.7. The van der Waals surface area contributed by atoms with Crippen molar-refractivity contribution in [3.05, 3.63) is 11.1 Å². The third kappa shape index (κ3) is 8.24. The van der Waals surface area contributed by atoms with E-state index in [1.807, 2.05) is 14.1 Å². The van der Waals surface area contributed by atoms with Crippen LogP contribution in [-0.4, -0.2) is 66.3 Å². The van der Waals surface area contributed by atoms with Crippen molar-refractivity contribution in [3.8, 4) is 0 Å². The fourth-order valence-corrected chi connectivity index (χ4v) is 4.40. The van der Waals surface area contributed by atoms with Crippen molar-refractivity contribution in [1.29, 1.82) is 0 Å². The predicted molar refractivity (Wildman–Crippen MR) is 124 cm³/mol. The molecule has 0 radical (unpaired) electrons. The van der Waals surface area contributed by atoms with E-state index in [1.165, 1.54) is 0 Å². The molecule has 2 atom stereocenters. The van der Waals surface area contributed by atoms with Crippen LogP contribution in [0.4, 0.5) is 16.0 Å². The lowest BCUT2D eigenvalue weighted by Crippen LogP contribution is -2.41. The standard InChI is InChI=1S/C19H28ClFN6O3.C2H7N/c1-12-6-7-26(9-12)17-15(21)16(22-19(20)23-17)24-25-18(29)14(10-27(30)11-28)8-13-4-2-3-5-13;1-3-2/h11-14,30H,2-10H2,1H3,(H,25,29)(H,22,23,24);3H,1-2H3/t12-,14?;/m1./s1. The van der Waals surface area contributed by atoms with Crippen molar-refractivity contribution >= 4 is 35.6 Å². The fourth-order valence-electron chi connectivity index (χ4n) is 4.23. The highest BCUT2D eigenvalue weighted by Crippen LogP contribution is 2.31. The Morgan fingerprint density at radius 2 is 2.00 bits per heavy atom. The summed E-state index contributed by atoms with van der Waals surface area (Å²) in [5, 5.41) is 12.6. The minimum atomic E-state index is -0.696. The molecular weight excluding hydrogens is 453 g/mol. The van der Waals surface area contributed by atoms with Crippen molar-refractivity contribution in [1.82, 2.24) is 25.8 Å². The first-order valence-electron chi connectivity index (χ1n) is 11.3. The molecule has 1 aromatic heterocycles. The molecule has 12 heteroatoms. The maximum atomic E-state index is 14.9. The van der Waals surface area contributed by atoms with E-state index < -0.39 is 17.6 Å². The van der Waals surface area contributed by atoms with Crippen LogP contribution in [0.5, 0.6) is 0 Å². The van der Waals surface area contributed by atoms with Gasteiger partial charge in [0, 0.05) is 13.1 Å². The number of amides is 2. The van der Waals surface area contributed by atoms with Gasteiger partial charge in [0.05, 0.1) is 12.5 Å². The molecular formula is C21H35ClFN7O3. The van der Waals surface area contributed by atoms with Gasteiger partial charge in [0.25, 0.3) is 0 Å². The number of nitrogens with one attached hydrogen (secondary N) is 3. The Labute approximate surface area is 199 Å². The molecule has 1 aliphatic carbocycles. The van der Waals surface area contributed by atoms with Crippen molar-refractivity contribution in [2.24, 2.45) is 17.8 Å². The molecule has 0 aromatic carbocycles. The zero-order chi connectivity index (χ0) is 24.4. The first kappa shape index (κ1) is 27.0. The molecule has 1 saturated heterocycles. The Morgan fingerprint density at radius 1 is 1.33 bits per heavy atom. The quantitative estimate of drug-likeness (QED) is 0.181. The maximum absolute atomic E-state index is 14.9. The van der Waals surface area contributed by atoms with Gasteiger partial charge in [-0.25, -0.2) is 5.06 Å². The van der Waals surface area contributed by atoms with Gasteiger partial charge in [-0.1, -0.05) is 32.6 Å². The van der Waals surface area contributed by atoms with Crippen LogP contribution < -0.4 is 21.1 Å². The van der Waals surface area contributed by atoms with Crippen LogP contribution in [0.25, 0.3) is 0 Å². The third-order valence-electron chi connectivity index (χ3n) is 5.83. The summed E-state index contributed by atoms with van der Waals surface area (Å²) < 4.78 is 14.9. The van der Waals surface area contributed by atoms with E-state index in [0.717, 1.165) is 32.1 Å². The Balaban J connectivity index is 0.00000122. The summed E-state index contributed by atoms with van der Waals surface area (Å²) in [4.78, 5) is 33.1. The summed E-state index contributed by atoms with van der Waals surface area (Å²) >= 11 is 5.97. The maximum Gasteiger partial charge on any atom is 0.243 e. The topological polar surface area (TPSA) is 123 Å². The Kier molecular flexibility index (Phi) is 11.0. The largest absolute Gasteiger partial charge is 0.354 e. The van der Waals surface area contributed by atoms with Crippen LogP contribution in [-0.2, 0) is 9.59 Å². The van der Waals surface area contributed by atoms with E-state index >= 15 is 0 Å². The highest BCUT2D eigenvalue weighted by Gasteiger charge is 2.28. The second-order valence-electron chi connectivity index (χ2n) is 8.74. The minimum absolute atomic E-state index is 0.0982. The fraction of sp³-hybridized carbons (Fsp3) is 0.714. The van der Waals surface area contributed by atoms with Crippen LogP contribution in [0.2, 0.25) is 5.28 Å². The molecule has 33 heavy (non-hydrogen) atoms. The van der Waals surface area contributed by atoms with Crippen LogP contribution >= 0.6 is 11.6 Å². The van der Waals surface area contributed by atoms with Gasteiger partial charge in [-0.15, -0.1) is 0 Å². The molecule has 3 rings (SSSR count). The highest BCUT2D eigenvalue weighted by atomic mass is 35.5. The van der Waals surface area contributed by atoms with Crippen molar-refractivity contribution in [3.63, 3.8) is 0 Å². The van der Waals surface area contributed by atoms with Gasteiger partial charge < -0.3 is 10.2 Å². The first-order chi connectivity index (χ1) is 15.8. The molecule has 10 nitrogen and oxygen atoms in total. The SMILES string of the molecule is CNC.C[C@@H]1CCN(c2nc(Cl)nc(NNC(=O)C(CC3CCCC3)CN(O)C=O)c2F)C1. The molecule has 186 valence electrons. The normalized spacial score (nSPS) is 19.0. The summed E-state index contributed by atoms with van der Waals surface area (Å²) in [5.41, 5.74) is 4.95. The van der Waals surface area contributed by atoms with Gasteiger partial charge in [-0.2, -0.15) is 14.4 Å². The second kappa shape index (κ2) is 13.5. The number of rotatable bonds is 9. The average Bonchev–Trinajstić information content (AvgIpc) is 3.45. The van der Waals surface area contributed by atoms with Crippen molar-refractivity contribution < 1.29 is 19.2 Å². The predicted octanol–water partition coefficient (Wildman–Crippen LogP) is 2.44. The number of nitrogens with zero attached hydrogens (tertiary/aromatic N) is 4. The number of aromatic nitrogens is 2. The molecule has 2 fully saturated rings. The van der Waals surface area contributed by atoms with Gasteiger partial charge in [-0.3, -0.25) is 25.6 Å². The van der Waals surface area contributed by atoms with Crippen LogP contribution in [0.3, 0.4) is 0 Å². The van der Waals surface area contributed by atoms with Gasteiger partial charge >= 0.3 is 0 Å². The Hall–Kier alpha value is -2.24. The second-order valence-corrected chi connectivity index (χ2v) is 9.08. The van der Waals surface area contributed by atoms with Gasteiger partial charge in [0.15, 0.2) is 11.6 Å². The zero-order valence-electron chi connectivity index (χ0n) is 19.5. The van der Waals surface area contributed by atoms with E-state index in [2.05, 4.69) is 33.1 Å². The minimum Gasteiger partial charge on any atom is -0.354 e. The van der Waals surface area contributed by atoms with E-state index in [0.29, 0.717) is 36.4 Å². The zero-order valence-corrected chi connectivity index (χ0v) is 20.2. The molecule has 1 saturated carbocycles. The molecule has 0 spiro atoms. The Morgan fingerprint density at radius 3 is 2.58 bits per heavy atom. The molecule has 2 amide bonds. The smallest absolute Gasteiger partial charge is 0.243 e. The van der Waals surface area contributed by atoms with Gasteiger partial charge in [-0.05, 0) is 50.4 Å². The number of hydroxylamine groups is 2.